The highest BCUT2D eigenvalue weighted by molar-refractivity contribution is 5.25. The minimum absolute atomic E-state index is 0.256. The van der Waals surface area contributed by atoms with Gasteiger partial charge in [0, 0.05) is 13.1 Å². The standard InChI is InChI=1S/C24H25N/c1-2-12-24(23-17-10-5-11-18-23)25(19-21-13-6-3-7-14-21)20-22-15-8-4-9-16-22/h2-18,24H,19-20H2,1H3/b12-2-/t24-/m0/s1. The Morgan fingerprint density at radius 1 is 0.680 bits per heavy atom. The van der Waals surface area contributed by atoms with Gasteiger partial charge in [-0.2, -0.15) is 0 Å². The molecular formula is C24H25N. The van der Waals surface area contributed by atoms with Crippen LogP contribution in [0.2, 0.25) is 0 Å². The van der Waals surface area contributed by atoms with E-state index in [1.807, 2.05) is 0 Å². The molecule has 0 aromatic heterocycles. The lowest BCUT2D eigenvalue weighted by molar-refractivity contribution is 0.212. The monoisotopic (exact) mass is 327 g/mol. The third kappa shape index (κ3) is 4.91. The molecule has 0 saturated carbocycles. The zero-order chi connectivity index (χ0) is 17.3. The SMILES string of the molecule is C/C=C\[C@@H](c1ccccc1)N(Cc1ccccc1)Cc1ccccc1. The van der Waals surface area contributed by atoms with Gasteiger partial charge < -0.3 is 0 Å². The average Bonchev–Trinajstić information content (AvgIpc) is 2.68. The summed E-state index contributed by atoms with van der Waals surface area (Å²) in [4.78, 5) is 2.53. The summed E-state index contributed by atoms with van der Waals surface area (Å²) in [5.41, 5.74) is 4.00. The molecular weight excluding hydrogens is 302 g/mol. The summed E-state index contributed by atoms with van der Waals surface area (Å²) in [6, 6.07) is 32.4. The molecule has 1 atom stereocenters. The Hall–Kier alpha value is -2.64. The largest absolute Gasteiger partial charge is 0.284 e. The fourth-order valence-electron chi connectivity index (χ4n) is 3.16. The lowest BCUT2D eigenvalue weighted by Gasteiger charge is -2.30. The van der Waals surface area contributed by atoms with Gasteiger partial charge in [0.05, 0.1) is 6.04 Å². The molecule has 0 fully saturated rings. The van der Waals surface area contributed by atoms with Crippen LogP contribution < -0.4 is 0 Å². The van der Waals surface area contributed by atoms with Gasteiger partial charge in [-0.1, -0.05) is 103 Å². The van der Waals surface area contributed by atoms with Gasteiger partial charge in [0.2, 0.25) is 0 Å². The fraction of sp³-hybridized carbons (Fsp3) is 0.167. The van der Waals surface area contributed by atoms with Crippen LogP contribution in [0, 0.1) is 0 Å². The van der Waals surface area contributed by atoms with Crippen molar-refractivity contribution in [2.24, 2.45) is 0 Å². The van der Waals surface area contributed by atoms with E-state index in [1.165, 1.54) is 16.7 Å². The highest BCUT2D eigenvalue weighted by atomic mass is 15.1. The Balaban J connectivity index is 1.92. The molecule has 0 aliphatic rings. The van der Waals surface area contributed by atoms with Crippen LogP contribution in [-0.4, -0.2) is 4.90 Å². The van der Waals surface area contributed by atoms with Crippen molar-refractivity contribution in [2.45, 2.75) is 26.1 Å². The minimum atomic E-state index is 0.256. The van der Waals surface area contributed by atoms with E-state index in [0.29, 0.717) is 0 Å². The lowest BCUT2D eigenvalue weighted by atomic mass is 10.0. The highest BCUT2D eigenvalue weighted by Crippen LogP contribution is 2.26. The molecule has 0 heterocycles. The van der Waals surface area contributed by atoms with Crippen LogP contribution in [0.15, 0.2) is 103 Å². The molecule has 1 heteroatoms. The summed E-state index contributed by atoms with van der Waals surface area (Å²) in [6.45, 7) is 3.93. The third-order valence-electron chi connectivity index (χ3n) is 4.37. The van der Waals surface area contributed by atoms with Gasteiger partial charge in [0.15, 0.2) is 0 Å². The van der Waals surface area contributed by atoms with Crippen molar-refractivity contribution < 1.29 is 0 Å². The van der Waals surface area contributed by atoms with Crippen molar-refractivity contribution in [3.8, 4) is 0 Å². The van der Waals surface area contributed by atoms with Crippen LogP contribution in [0.5, 0.6) is 0 Å². The lowest BCUT2D eigenvalue weighted by Crippen LogP contribution is -2.27. The van der Waals surface area contributed by atoms with Gasteiger partial charge in [0.1, 0.15) is 0 Å². The van der Waals surface area contributed by atoms with Gasteiger partial charge in [-0.3, -0.25) is 4.90 Å². The van der Waals surface area contributed by atoms with Gasteiger partial charge >= 0.3 is 0 Å². The molecule has 3 rings (SSSR count). The molecule has 3 aromatic carbocycles. The van der Waals surface area contributed by atoms with E-state index in [9.17, 15) is 0 Å². The van der Waals surface area contributed by atoms with Crippen molar-refractivity contribution in [3.63, 3.8) is 0 Å². The molecule has 1 nitrogen and oxygen atoms in total. The molecule has 0 unspecified atom stereocenters. The molecule has 3 aromatic rings. The van der Waals surface area contributed by atoms with E-state index < -0.39 is 0 Å². The van der Waals surface area contributed by atoms with Gasteiger partial charge in [-0.15, -0.1) is 0 Å². The number of benzene rings is 3. The maximum atomic E-state index is 2.53. The van der Waals surface area contributed by atoms with Crippen molar-refractivity contribution in [1.82, 2.24) is 4.90 Å². The maximum Gasteiger partial charge on any atom is 0.0538 e. The maximum absolute atomic E-state index is 2.53. The normalized spacial score (nSPS) is 12.6. The van der Waals surface area contributed by atoms with Gasteiger partial charge in [-0.25, -0.2) is 0 Å². The summed E-state index contributed by atoms with van der Waals surface area (Å²) in [6.07, 6.45) is 4.45. The van der Waals surface area contributed by atoms with Gasteiger partial charge in [0.25, 0.3) is 0 Å². The summed E-state index contributed by atoms with van der Waals surface area (Å²) in [5, 5.41) is 0. The summed E-state index contributed by atoms with van der Waals surface area (Å²) < 4.78 is 0. The Morgan fingerprint density at radius 2 is 1.12 bits per heavy atom. The van der Waals surface area contributed by atoms with Crippen molar-refractivity contribution in [1.29, 1.82) is 0 Å². The molecule has 126 valence electrons. The van der Waals surface area contributed by atoms with E-state index in [2.05, 4.69) is 115 Å². The second-order valence-corrected chi connectivity index (χ2v) is 6.26. The van der Waals surface area contributed by atoms with E-state index in [0.717, 1.165) is 13.1 Å². The first-order valence-electron chi connectivity index (χ1n) is 8.86. The van der Waals surface area contributed by atoms with Gasteiger partial charge in [-0.05, 0) is 23.6 Å². The second-order valence-electron chi connectivity index (χ2n) is 6.26. The zero-order valence-electron chi connectivity index (χ0n) is 14.8. The summed E-state index contributed by atoms with van der Waals surface area (Å²) in [5.74, 6) is 0. The van der Waals surface area contributed by atoms with E-state index in [-0.39, 0.29) is 6.04 Å². The quantitative estimate of drug-likeness (QED) is 0.481. The molecule has 0 bridgehead atoms. The third-order valence-corrected chi connectivity index (χ3v) is 4.37. The summed E-state index contributed by atoms with van der Waals surface area (Å²) in [7, 11) is 0. The van der Waals surface area contributed by atoms with Crippen LogP contribution in [-0.2, 0) is 13.1 Å². The zero-order valence-corrected chi connectivity index (χ0v) is 14.8. The van der Waals surface area contributed by atoms with Crippen LogP contribution in [0.25, 0.3) is 0 Å². The summed E-state index contributed by atoms with van der Waals surface area (Å²) >= 11 is 0. The van der Waals surface area contributed by atoms with Crippen LogP contribution in [0.4, 0.5) is 0 Å². The molecule has 0 aliphatic heterocycles. The van der Waals surface area contributed by atoms with E-state index in [1.54, 1.807) is 0 Å². The minimum Gasteiger partial charge on any atom is -0.284 e. The average molecular weight is 327 g/mol. The Bertz CT molecular complexity index is 721. The Labute approximate surface area is 151 Å². The van der Waals surface area contributed by atoms with Crippen LogP contribution >= 0.6 is 0 Å². The molecule has 0 radical (unpaired) electrons. The Kier molecular flexibility index (Phi) is 6.19. The second kappa shape index (κ2) is 9.00. The topological polar surface area (TPSA) is 3.24 Å². The first-order chi connectivity index (χ1) is 12.4. The smallest absolute Gasteiger partial charge is 0.0538 e. The molecule has 0 N–H and O–H groups in total. The van der Waals surface area contributed by atoms with E-state index >= 15 is 0 Å². The number of hydrogen-bond donors (Lipinski definition) is 0. The first kappa shape index (κ1) is 17.2. The molecule has 0 aliphatic carbocycles. The molecule has 0 spiro atoms. The number of hydrogen-bond acceptors (Lipinski definition) is 1. The van der Waals surface area contributed by atoms with Crippen LogP contribution in [0.3, 0.4) is 0 Å². The Morgan fingerprint density at radius 3 is 1.56 bits per heavy atom. The predicted octanol–water partition coefficient (Wildman–Crippen LogP) is 6.01. The first-order valence-corrected chi connectivity index (χ1v) is 8.86. The molecule has 0 amide bonds. The van der Waals surface area contributed by atoms with Crippen molar-refractivity contribution in [2.75, 3.05) is 0 Å². The molecule has 25 heavy (non-hydrogen) atoms. The molecule has 0 saturated heterocycles. The van der Waals surface area contributed by atoms with Crippen molar-refractivity contribution in [3.05, 3.63) is 120 Å². The predicted molar refractivity (Wildman–Crippen MR) is 106 cm³/mol. The van der Waals surface area contributed by atoms with Crippen molar-refractivity contribution >= 4 is 0 Å². The number of rotatable bonds is 7. The van der Waals surface area contributed by atoms with E-state index in [4.69, 9.17) is 0 Å². The fourth-order valence-corrected chi connectivity index (χ4v) is 3.16. The van der Waals surface area contributed by atoms with Crippen LogP contribution in [0.1, 0.15) is 29.7 Å². The number of allylic oxidation sites excluding steroid dienone is 1. The number of nitrogens with zero attached hydrogens (tertiary/aromatic N) is 1. The highest BCUT2D eigenvalue weighted by Gasteiger charge is 2.18.